The normalized spacial score (nSPS) is 15.2. The number of H-pyrrole nitrogens is 1. The molecule has 0 saturated carbocycles. The molecule has 2 aromatic rings. The van der Waals surface area contributed by atoms with E-state index in [4.69, 9.17) is 0 Å². The van der Waals surface area contributed by atoms with E-state index in [1.54, 1.807) is 0 Å². The van der Waals surface area contributed by atoms with Gasteiger partial charge in [-0.2, -0.15) is 5.10 Å². The number of fused-ring (bicyclic) bond motifs is 1. The number of benzene rings is 1. The Morgan fingerprint density at radius 1 is 1.41 bits per heavy atom. The molecule has 0 spiro atoms. The Balaban J connectivity index is 1.66. The van der Waals surface area contributed by atoms with Gasteiger partial charge in [-0.15, -0.1) is 0 Å². The molecule has 0 fully saturated rings. The van der Waals surface area contributed by atoms with Crippen molar-refractivity contribution in [3.05, 3.63) is 52.3 Å². The van der Waals surface area contributed by atoms with Gasteiger partial charge in [-0.1, -0.05) is 24.3 Å². The Kier molecular flexibility index (Phi) is 4.24. The summed E-state index contributed by atoms with van der Waals surface area (Å²) in [6.45, 7) is 5.77. The van der Waals surface area contributed by atoms with Crippen molar-refractivity contribution < 1.29 is 4.79 Å². The molecule has 22 heavy (non-hydrogen) atoms. The van der Waals surface area contributed by atoms with E-state index in [2.05, 4.69) is 39.9 Å². The molecule has 1 unspecified atom stereocenters. The van der Waals surface area contributed by atoms with Gasteiger partial charge in [-0.3, -0.25) is 9.89 Å². The fraction of sp³-hybridized carbons (Fsp3) is 0.412. The molecule has 1 aromatic carbocycles. The molecule has 1 aliphatic heterocycles. The largest absolute Gasteiger partial charge is 0.348 e. The van der Waals surface area contributed by atoms with Crippen LogP contribution in [-0.2, 0) is 19.4 Å². The van der Waals surface area contributed by atoms with Crippen LogP contribution in [0.2, 0.25) is 0 Å². The number of nitrogens with zero attached hydrogens (tertiary/aromatic N) is 1. The lowest BCUT2D eigenvalue weighted by atomic mass is 10.0. The third kappa shape index (κ3) is 3.04. The summed E-state index contributed by atoms with van der Waals surface area (Å²) in [4.78, 5) is 12.4. The first-order valence-corrected chi connectivity index (χ1v) is 7.77. The zero-order valence-electron chi connectivity index (χ0n) is 13.1. The predicted molar refractivity (Wildman–Crippen MR) is 85.8 cm³/mol. The first-order chi connectivity index (χ1) is 10.6. The lowest BCUT2D eigenvalue weighted by Gasteiger charge is -2.16. The quantitative estimate of drug-likeness (QED) is 0.805. The third-order valence-electron chi connectivity index (χ3n) is 4.19. The summed E-state index contributed by atoms with van der Waals surface area (Å²) >= 11 is 0. The van der Waals surface area contributed by atoms with Crippen LogP contribution in [0.4, 0.5) is 0 Å². The maximum atomic E-state index is 12.4. The van der Waals surface area contributed by atoms with Crippen molar-refractivity contribution in [2.24, 2.45) is 0 Å². The van der Waals surface area contributed by atoms with E-state index in [0.29, 0.717) is 12.2 Å². The van der Waals surface area contributed by atoms with Gasteiger partial charge in [0.1, 0.15) is 0 Å². The zero-order valence-corrected chi connectivity index (χ0v) is 13.1. The van der Waals surface area contributed by atoms with Crippen molar-refractivity contribution in [2.75, 3.05) is 6.54 Å². The van der Waals surface area contributed by atoms with E-state index in [-0.39, 0.29) is 11.9 Å². The van der Waals surface area contributed by atoms with Gasteiger partial charge in [0.25, 0.3) is 5.91 Å². The highest BCUT2D eigenvalue weighted by molar-refractivity contribution is 5.94. The van der Waals surface area contributed by atoms with Gasteiger partial charge in [0.05, 0.1) is 0 Å². The van der Waals surface area contributed by atoms with Gasteiger partial charge < -0.3 is 10.6 Å². The van der Waals surface area contributed by atoms with Crippen LogP contribution in [0.15, 0.2) is 24.3 Å². The van der Waals surface area contributed by atoms with Crippen LogP contribution in [0.1, 0.15) is 39.8 Å². The molecule has 0 saturated heterocycles. The molecule has 1 atom stereocenters. The van der Waals surface area contributed by atoms with Gasteiger partial charge in [0.2, 0.25) is 0 Å². The molecular formula is C17H22N4O. The molecule has 0 bridgehead atoms. The second-order valence-corrected chi connectivity index (χ2v) is 5.96. The highest BCUT2D eigenvalue weighted by Gasteiger charge is 2.22. The average molecular weight is 298 g/mol. The molecule has 5 nitrogen and oxygen atoms in total. The van der Waals surface area contributed by atoms with Gasteiger partial charge in [-0.05, 0) is 31.4 Å². The average Bonchev–Trinajstić information content (AvgIpc) is 2.93. The number of hydrogen-bond donors (Lipinski definition) is 3. The number of aryl methyl sites for hydroxylation is 1. The molecule has 1 aliphatic rings. The molecule has 3 rings (SSSR count). The minimum atomic E-state index is -0.0951. The Morgan fingerprint density at radius 3 is 3.05 bits per heavy atom. The van der Waals surface area contributed by atoms with Crippen molar-refractivity contribution >= 4 is 5.91 Å². The summed E-state index contributed by atoms with van der Waals surface area (Å²) in [7, 11) is 0. The summed E-state index contributed by atoms with van der Waals surface area (Å²) < 4.78 is 0. The highest BCUT2D eigenvalue weighted by Crippen LogP contribution is 2.16. The SMILES string of the molecule is Cc1ccccc1CC(C)NC(=O)c1n[nH]c2c1CNCC2. The van der Waals surface area contributed by atoms with E-state index in [0.717, 1.165) is 30.6 Å². The van der Waals surface area contributed by atoms with E-state index >= 15 is 0 Å². The second-order valence-electron chi connectivity index (χ2n) is 5.96. The standard InChI is InChI=1S/C17H22N4O/c1-11-5-3-4-6-13(11)9-12(2)19-17(22)16-14-10-18-8-7-15(14)20-21-16/h3-6,12,18H,7-10H2,1-2H3,(H,19,22)(H,20,21). The molecule has 0 radical (unpaired) electrons. The fourth-order valence-electron chi connectivity index (χ4n) is 2.93. The van der Waals surface area contributed by atoms with E-state index < -0.39 is 0 Å². The molecule has 1 amide bonds. The summed E-state index contributed by atoms with van der Waals surface area (Å²) in [5.41, 5.74) is 5.13. The number of hydrogen-bond acceptors (Lipinski definition) is 3. The number of carbonyl (C=O) groups is 1. The Labute approximate surface area is 130 Å². The Morgan fingerprint density at radius 2 is 2.23 bits per heavy atom. The Hall–Kier alpha value is -2.14. The fourth-order valence-corrected chi connectivity index (χ4v) is 2.93. The predicted octanol–water partition coefficient (Wildman–Crippen LogP) is 1.72. The maximum absolute atomic E-state index is 12.4. The third-order valence-corrected chi connectivity index (χ3v) is 4.19. The summed E-state index contributed by atoms with van der Waals surface area (Å²) in [6, 6.07) is 8.34. The van der Waals surface area contributed by atoms with Gasteiger partial charge >= 0.3 is 0 Å². The molecule has 5 heteroatoms. The number of rotatable bonds is 4. The monoisotopic (exact) mass is 298 g/mol. The Bertz CT molecular complexity index is 677. The first-order valence-electron chi connectivity index (χ1n) is 7.77. The number of carbonyl (C=O) groups excluding carboxylic acids is 1. The molecule has 2 heterocycles. The van der Waals surface area contributed by atoms with Crippen LogP contribution in [0.5, 0.6) is 0 Å². The van der Waals surface area contributed by atoms with Crippen molar-refractivity contribution in [3.8, 4) is 0 Å². The smallest absolute Gasteiger partial charge is 0.272 e. The van der Waals surface area contributed by atoms with Crippen LogP contribution >= 0.6 is 0 Å². The number of aromatic nitrogens is 2. The topological polar surface area (TPSA) is 69.8 Å². The van der Waals surface area contributed by atoms with E-state index in [9.17, 15) is 4.79 Å². The second kappa shape index (κ2) is 6.32. The van der Waals surface area contributed by atoms with Crippen molar-refractivity contribution in [1.82, 2.24) is 20.8 Å². The van der Waals surface area contributed by atoms with E-state index in [1.807, 2.05) is 19.1 Å². The zero-order chi connectivity index (χ0) is 15.5. The van der Waals surface area contributed by atoms with Crippen LogP contribution in [-0.4, -0.2) is 28.7 Å². The van der Waals surface area contributed by atoms with Crippen LogP contribution < -0.4 is 10.6 Å². The molecule has 3 N–H and O–H groups in total. The molecule has 116 valence electrons. The lowest BCUT2D eigenvalue weighted by Crippen LogP contribution is -2.35. The summed E-state index contributed by atoms with van der Waals surface area (Å²) in [6.07, 6.45) is 1.72. The van der Waals surface area contributed by atoms with Gasteiger partial charge in [0.15, 0.2) is 5.69 Å². The van der Waals surface area contributed by atoms with E-state index in [1.165, 1.54) is 11.1 Å². The number of nitrogens with one attached hydrogen (secondary N) is 3. The minimum Gasteiger partial charge on any atom is -0.348 e. The van der Waals surface area contributed by atoms with Crippen LogP contribution in [0.25, 0.3) is 0 Å². The number of aromatic amines is 1. The van der Waals surface area contributed by atoms with Crippen molar-refractivity contribution in [1.29, 1.82) is 0 Å². The molecule has 1 aromatic heterocycles. The summed E-state index contributed by atoms with van der Waals surface area (Å²) in [5.74, 6) is -0.0951. The summed E-state index contributed by atoms with van der Waals surface area (Å²) in [5, 5.41) is 13.5. The van der Waals surface area contributed by atoms with Gasteiger partial charge in [0, 0.05) is 36.8 Å². The molecule has 0 aliphatic carbocycles. The first kappa shape index (κ1) is 14.8. The van der Waals surface area contributed by atoms with Crippen molar-refractivity contribution in [3.63, 3.8) is 0 Å². The maximum Gasteiger partial charge on any atom is 0.272 e. The minimum absolute atomic E-state index is 0.0671. The van der Waals surface area contributed by atoms with Crippen LogP contribution in [0, 0.1) is 6.92 Å². The van der Waals surface area contributed by atoms with Crippen LogP contribution in [0.3, 0.4) is 0 Å². The number of amides is 1. The van der Waals surface area contributed by atoms with Crippen molar-refractivity contribution in [2.45, 2.75) is 39.3 Å². The lowest BCUT2D eigenvalue weighted by molar-refractivity contribution is 0.0934. The van der Waals surface area contributed by atoms with Gasteiger partial charge in [-0.25, -0.2) is 0 Å². The molecular weight excluding hydrogens is 276 g/mol. The highest BCUT2D eigenvalue weighted by atomic mass is 16.2.